The lowest BCUT2D eigenvalue weighted by Gasteiger charge is -2.51. The first-order valence-electron chi connectivity index (χ1n) is 7.12. The van der Waals surface area contributed by atoms with Gasteiger partial charge in [0.05, 0.1) is 5.41 Å². The molecule has 1 aromatic carbocycles. The number of benzene rings is 1. The van der Waals surface area contributed by atoms with Crippen molar-refractivity contribution in [2.45, 2.75) is 26.2 Å². The number of nitrogens with zero attached hydrogens (tertiary/aromatic N) is 1. The summed E-state index contributed by atoms with van der Waals surface area (Å²) in [7, 11) is 0. The molecule has 102 valence electrons. The summed E-state index contributed by atoms with van der Waals surface area (Å²) in [5.41, 5.74) is 2.11. The van der Waals surface area contributed by atoms with Gasteiger partial charge in [-0.25, -0.2) is 0 Å². The van der Waals surface area contributed by atoms with Gasteiger partial charge < -0.3 is 10.0 Å². The Hall–Kier alpha value is -1.35. The molecule has 3 aliphatic rings. The predicted octanol–water partition coefficient (Wildman–Crippen LogP) is 2.33. The standard InChI is InChI=1S/C16H21NO2/c1-12-4-2-3-5-13(12)10-14-11-17-8-6-16(14,7-9-17)15(18)19/h2-5,14H,6-11H2,1H3,(H,18,19). The van der Waals surface area contributed by atoms with Crippen LogP contribution in [0.25, 0.3) is 0 Å². The molecule has 0 saturated carbocycles. The first-order chi connectivity index (χ1) is 9.12. The van der Waals surface area contributed by atoms with Crippen LogP contribution in [0.15, 0.2) is 24.3 Å². The summed E-state index contributed by atoms with van der Waals surface area (Å²) in [5, 5.41) is 9.71. The summed E-state index contributed by atoms with van der Waals surface area (Å²) < 4.78 is 0. The minimum atomic E-state index is -0.578. The number of fused-ring (bicyclic) bond motifs is 3. The highest BCUT2D eigenvalue weighted by molar-refractivity contribution is 5.75. The van der Waals surface area contributed by atoms with Crippen LogP contribution in [0.4, 0.5) is 0 Å². The molecule has 0 spiro atoms. The van der Waals surface area contributed by atoms with Crippen molar-refractivity contribution in [3.63, 3.8) is 0 Å². The van der Waals surface area contributed by atoms with Crippen molar-refractivity contribution in [1.29, 1.82) is 0 Å². The second-order valence-corrected chi connectivity index (χ2v) is 6.09. The van der Waals surface area contributed by atoms with Gasteiger partial charge in [0.2, 0.25) is 0 Å². The SMILES string of the molecule is Cc1ccccc1CC1CN2CCC1(C(=O)O)CC2. The summed E-state index contributed by atoms with van der Waals surface area (Å²) >= 11 is 0. The molecule has 3 aliphatic heterocycles. The smallest absolute Gasteiger partial charge is 0.310 e. The lowest BCUT2D eigenvalue weighted by Crippen LogP contribution is -2.58. The monoisotopic (exact) mass is 259 g/mol. The van der Waals surface area contributed by atoms with Gasteiger partial charge in [0, 0.05) is 6.54 Å². The van der Waals surface area contributed by atoms with Gasteiger partial charge in [-0.05, 0) is 56.3 Å². The Kier molecular flexibility index (Phi) is 3.09. The molecular formula is C16H21NO2. The lowest BCUT2D eigenvalue weighted by molar-refractivity contribution is -0.163. The van der Waals surface area contributed by atoms with Crippen LogP contribution in [0.3, 0.4) is 0 Å². The Labute approximate surface area is 114 Å². The quantitative estimate of drug-likeness (QED) is 0.905. The van der Waals surface area contributed by atoms with Gasteiger partial charge in [0.15, 0.2) is 0 Å². The lowest BCUT2D eigenvalue weighted by atomic mass is 9.63. The zero-order valence-corrected chi connectivity index (χ0v) is 11.4. The van der Waals surface area contributed by atoms with Crippen molar-refractivity contribution in [1.82, 2.24) is 4.90 Å². The maximum absolute atomic E-state index is 11.8. The Morgan fingerprint density at radius 3 is 2.68 bits per heavy atom. The molecule has 0 aliphatic carbocycles. The Morgan fingerprint density at radius 2 is 2.05 bits per heavy atom. The van der Waals surface area contributed by atoms with E-state index in [1.54, 1.807) is 0 Å². The first kappa shape index (κ1) is 12.7. The van der Waals surface area contributed by atoms with Gasteiger partial charge >= 0.3 is 5.97 Å². The van der Waals surface area contributed by atoms with Crippen LogP contribution in [0.1, 0.15) is 24.0 Å². The Morgan fingerprint density at radius 1 is 1.37 bits per heavy atom. The number of aliphatic carboxylic acids is 1. The molecular weight excluding hydrogens is 238 g/mol. The highest BCUT2D eigenvalue weighted by atomic mass is 16.4. The van der Waals surface area contributed by atoms with Gasteiger partial charge in [-0.1, -0.05) is 24.3 Å². The highest BCUT2D eigenvalue weighted by Crippen LogP contribution is 2.46. The molecule has 0 radical (unpaired) electrons. The molecule has 3 heteroatoms. The van der Waals surface area contributed by atoms with Crippen molar-refractivity contribution in [3.05, 3.63) is 35.4 Å². The van der Waals surface area contributed by atoms with E-state index < -0.39 is 11.4 Å². The minimum Gasteiger partial charge on any atom is -0.481 e. The molecule has 2 bridgehead atoms. The fourth-order valence-corrected chi connectivity index (χ4v) is 3.78. The summed E-state index contributed by atoms with van der Waals surface area (Å²) in [6.07, 6.45) is 2.53. The minimum absolute atomic E-state index is 0.258. The van der Waals surface area contributed by atoms with E-state index in [1.807, 2.05) is 6.07 Å². The van der Waals surface area contributed by atoms with Gasteiger partial charge in [-0.15, -0.1) is 0 Å². The topological polar surface area (TPSA) is 40.5 Å². The summed E-state index contributed by atoms with van der Waals surface area (Å²) in [4.78, 5) is 14.2. The zero-order chi connectivity index (χ0) is 13.5. The average molecular weight is 259 g/mol. The van der Waals surface area contributed by atoms with Crippen LogP contribution in [0.5, 0.6) is 0 Å². The number of carboxylic acid groups (broad SMARTS) is 1. The number of piperidine rings is 3. The van der Waals surface area contributed by atoms with Crippen LogP contribution in [-0.2, 0) is 11.2 Å². The third kappa shape index (κ3) is 2.06. The van der Waals surface area contributed by atoms with E-state index in [1.165, 1.54) is 11.1 Å². The molecule has 0 amide bonds. The second-order valence-electron chi connectivity index (χ2n) is 6.09. The van der Waals surface area contributed by atoms with E-state index in [4.69, 9.17) is 0 Å². The van der Waals surface area contributed by atoms with Crippen LogP contribution >= 0.6 is 0 Å². The number of hydrogen-bond acceptors (Lipinski definition) is 2. The largest absolute Gasteiger partial charge is 0.481 e. The number of carboxylic acids is 1. The van der Waals surface area contributed by atoms with Gasteiger partial charge in [0.1, 0.15) is 0 Å². The van der Waals surface area contributed by atoms with Crippen molar-refractivity contribution >= 4 is 5.97 Å². The predicted molar refractivity (Wildman–Crippen MR) is 74.1 cm³/mol. The van der Waals surface area contributed by atoms with Crippen LogP contribution in [-0.4, -0.2) is 35.6 Å². The molecule has 0 aromatic heterocycles. The van der Waals surface area contributed by atoms with E-state index in [9.17, 15) is 9.90 Å². The molecule has 3 saturated heterocycles. The van der Waals surface area contributed by atoms with Crippen molar-refractivity contribution in [2.75, 3.05) is 19.6 Å². The van der Waals surface area contributed by atoms with Gasteiger partial charge in [-0.2, -0.15) is 0 Å². The van der Waals surface area contributed by atoms with E-state index in [2.05, 4.69) is 30.0 Å². The fourth-order valence-electron chi connectivity index (χ4n) is 3.78. The molecule has 1 atom stereocenters. The van der Waals surface area contributed by atoms with Crippen molar-refractivity contribution < 1.29 is 9.90 Å². The molecule has 1 aromatic rings. The van der Waals surface area contributed by atoms with Crippen LogP contribution < -0.4 is 0 Å². The third-order valence-electron chi connectivity index (χ3n) is 5.16. The molecule has 19 heavy (non-hydrogen) atoms. The zero-order valence-electron chi connectivity index (χ0n) is 11.4. The summed E-state index contributed by atoms with van der Waals surface area (Å²) in [5.74, 6) is -0.320. The number of hydrogen-bond donors (Lipinski definition) is 1. The normalized spacial score (nSPS) is 33.3. The van der Waals surface area contributed by atoms with E-state index in [-0.39, 0.29) is 5.92 Å². The van der Waals surface area contributed by atoms with Crippen LogP contribution in [0.2, 0.25) is 0 Å². The maximum atomic E-state index is 11.8. The number of aryl methyl sites for hydroxylation is 1. The van der Waals surface area contributed by atoms with E-state index in [0.717, 1.165) is 38.9 Å². The molecule has 3 heterocycles. The first-order valence-corrected chi connectivity index (χ1v) is 7.12. The molecule has 3 nitrogen and oxygen atoms in total. The van der Waals surface area contributed by atoms with E-state index >= 15 is 0 Å². The average Bonchev–Trinajstić information content (AvgIpc) is 2.42. The number of rotatable bonds is 3. The summed E-state index contributed by atoms with van der Waals surface area (Å²) in [6.45, 7) is 4.97. The fraction of sp³-hybridized carbons (Fsp3) is 0.562. The third-order valence-corrected chi connectivity index (χ3v) is 5.16. The Bertz CT molecular complexity index is 489. The summed E-state index contributed by atoms with van der Waals surface area (Å²) in [6, 6.07) is 8.35. The second kappa shape index (κ2) is 4.64. The number of carbonyl (C=O) groups is 1. The Balaban J connectivity index is 1.87. The molecule has 4 rings (SSSR count). The van der Waals surface area contributed by atoms with Gasteiger partial charge in [0.25, 0.3) is 0 Å². The maximum Gasteiger partial charge on any atom is 0.310 e. The molecule has 1 unspecified atom stereocenters. The van der Waals surface area contributed by atoms with Crippen molar-refractivity contribution in [2.24, 2.45) is 11.3 Å². The van der Waals surface area contributed by atoms with E-state index in [0.29, 0.717) is 0 Å². The molecule has 3 fully saturated rings. The van der Waals surface area contributed by atoms with Crippen LogP contribution in [0, 0.1) is 18.3 Å². The molecule has 1 N–H and O–H groups in total. The van der Waals surface area contributed by atoms with Gasteiger partial charge in [-0.3, -0.25) is 4.79 Å². The highest BCUT2D eigenvalue weighted by Gasteiger charge is 2.52. The van der Waals surface area contributed by atoms with Crippen molar-refractivity contribution in [3.8, 4) is 0 Å².